The second kappa shape index (κ2) is 20.8. The lowest BCUT2D eigenvalue weighted by molar-refractivity contribution is -0.162. The average Bonchev–Trinajstić information content (AvgIpc) is 3.94. The zero-order chi connectivity index (χ0) is 51.0. The molecule has 0 radical (unpaired) electrons. The van der Waals surface area contributed by atoms with Gasteiger partial charge in [0, 0.05) is 105 Å². The van der Waals surface area contributed by atoms with Crippen molar-refractivity contribution in [2.24, 2.45) is 7.05 Å². The largest absolute Gasteiger partial charge is 0.493 e. The van der Waals surface area contributed by atoms with Crippen LogP contribution in [0.1, 0.15) is 76.5 Å². The highest BCUT2D eigenvalue weighted by Crippen LogP contribution is 2.43. The lowest BCUT2D eigenvalue weighted by Crippen LogP contribution is -2.52. The number of benzene rings is 4. The Labute approximate surface area is 419 Å². The molecule has 2 aromatic heterocycles. The van der Waals surface area contributed by atoms with Crippen molar-refractivity contribution in [3.05, 3.63) is 111 Å². The van der Waals surface area contributed by atoms with Gasteiger partial charge in [-0.1, -0.05) is 35.9 Å². The molecule has 0 bridgehead atoms. The van der Waals surface area contributed by atoms with Crippen LogP contribution < -0.4 is 14.8 Å². The number of ether oxygens (including phenoxy) is 4. The van der Waals surface area contributed by atoms with E-state index in [1.165, 1.54) is 30.9 Å². The number of piperazine rings is 1. The van der Waals surface area contributed by atoms with Crippen molar-refractivity contribution in [2.75, 3.05) is 45.9 Å². The van der Waals surface area contributed by atoms with Gasteiger partial charge in [-0.15, -0.1) is 0 Å². The molecule has 0 saturated carbocycles. The van der Waals surface area contributed by atoms with Gasteiger partial charge in [0.15, 0.2) is 6.61 Å². The van der Waals surface area contributed by atoms with Crippen LogP contribution >= 0.6 is 11.6 Å². The topological polar surface area (TPSA) is 184 Å². The number of aryl methyl sites for hydroxylation is 3. The van der Waals surface area contributed by atoms with Gasteiger partial charge in [-0.2, -0.15) is 5.10 Å². The number of halogens is 2. The number of fused-ring (bicyclic) bond motifs is 3. The van der Waals surface area contributed by atoms with E-state index in [-0.39, 0.29) is 61.8 Å². The van der Waals surface area contributed by atoms with E-state index in [1.54, 1.807) is 33.8 Å². The van der Waals surface area contributed by atoms with Crippen LogP contribution in [0.25, 0.3) is 32.8 Å². The third-order valence-corrected chi connectivity index (χ3v) is 14.0. The molecule has 2 unspecified atom stereocenters. The fourth-order valence-corrected chi connectivity index (χ4v) is 10.5. The Balaban J connectivity index is 0.945. The van der Waals surface area contributed by atoms with Crippen molar-refractivity contribution >= 4 is 68.8 Å². The Kier molecular flexibility index (Phi) is 14.3. The SMILES string of the molecule is CC(=O)OC(C)OC(=O)c1c(CCCOc2cccc3cc(F)ccc23)c2ccc(Cl)c(-c3c(C)nn(C)c3C)c2n1CCN1CCN(C(=O)COc2cccc3c2CN(C2CCC(=O)NC2=O)C3=O)CC1. The number of rotatable bonds is 16. The third kappa shape index (κ3) is 9.97. The van der Waals surface area contributed by atoms with Crippen molar-refractivity contribution < 1.29 is 52.1 Å². The van der Waals surface area contributed by atoms with Crippen LogP contribution in [0.4, 0.5) is 4.39 Å². The van der Waals surface area contributed by atoms with Gasteiger partial charge in [0.25, 0.3) is 11.8 Å². The molecular formula is C53H55ClFN7O10. The van der Waals surface area contributed by atoms with Crippen molar-refractivity contribution in [2.45, 2.75) is 78.8 Å². The highest BCUT2D eigenvalue weighted by Gasteiger charge is 2.40. The van der Waals surface area contributed by atoms with Crippen LogP contribution in [-0.4, -0.2) is 123 Å². The normalized spacial score (nSPS) is 16.5. The Bertz CT molecular complexity index is 3160. The predicted molar refractivity (Wildman–Crippen MR) is 264 cm³/mol. The first-order valence-corrected chi connectivity index (χ1v) is 24.4. The molecule has 3 aliphatic rings. The van der Waals surface area contributed by atoms with Crippen LogP contribution in [0.2, 0.25) is 5.02 Å². The van der Waals surface area contributed by atoms with Crippen LogP contribution in [0.5, 0.6) is 11.5 Å². The van der Waals surface area contributed by atoms with E-state index in [2.05, 4.69) is 10.2 Å². The van der Waals surface area contributed by atoms with Gasteiger partial charge in [0.2, 0.25) is 18.1 Å². The van der Waals surface area contributed by atoms with E-state index in [0.29, 0.717) is 102 Å². The summed E-state index contributed by atoms with van der Waals surface area (Å²) in [6.45, 7) is 9.35. The van der Waals surface area contributed by atoms with Crippen LogP contribution in [-0.2, 0) is 55.2 Å². The number of nitrogens with zero attached hydrogens (tertiary/aromatic N) is 6. The molecule has 2 atom stereocenters. The van der Waals surface area contributed by atoms with E-state index in [0.717, 1.165) is 27.7 Å². The number of aromatic nitrogens is 3. The first kappa shape index (κ1) is 49.7. The van der Waals surface area contributed by atoms with E-state index in [9.17, 15) is 33.2 Å². The number of esters is 2. The molecule has 4 aromatic carbocycles. The lowest BCUT2D eigenvalue weighted by atomic mass is 9.98. The second-order valence-electron chi connectivity index (χ2n) is 18.3. The van der Waals surface area contributed by atoms with Crippen molar-refractivity contribution in [3.63, 3.8) is 0 Å². The molecule has 3 aliphatic heterocycles. The van der Waals surface area contributed by atoms with E-state index in [1.807, 2.05) is 55.8 Å². The molecule has 0 aliphatic carbocycles. The molecule has 0 spiro atoms. The molecule has 376 valence electrons. The molecule has 4 amide bonds. The zero-order valence-electron chi connectivity index (χ0n) is 40.7. The molecule has 5 heterocycles. The number of carbonyl (C=O) groups excluding carboxylic acids is 6. The number of imide groups is 1. The number of piperidine rings is 1. The summed E-state index contributed by atoms with van der Waals surface area (Å²) in [6.07, 6.45) is 0.0364. The standard InChI is InChI=1S/C53H55ClFN7O10/c1-30-47(31(2)58(5)57-30)48-41(54)17-16-38-37(11-8-26-69-43-12-6-9-34-27-35(55)14-15-36(34)43)50(53(68)72-33(4)71-32(3)63)61(49(38)48)25-22-59-20-23-60(24-21-59)46(65)29-70-44-13-7-10-39-40(44)28-62(52(39)67)42-18-19-45(64)56-51(42)66/h6-7,9-10,12-17,27,33,42H,8,11,18-26,28-29H2,1-5H3,(H,56,64,66). The summed E-state index contributed by atoms with van der Waals surface area (Å²) in [4.78, 5) is 83.3. The van der Waals surface area contributed by atoms with Crippen LogP contribution in [0.3, 0.4) is 0 Å². The fraction of sp³-hybridized carbons (Fsp3) is 0.377. The maximum absolute atomic E-state index is 14.6. The Morgan fingerprint density at radius 3 is 2.39 bits per heavy atom. The number of amides is 4. The highest BCUT2D eigenvalue weighted by molar-refractivity contribution is 6.35. The van der Waals surface area contributed by atoms with Gasteiger partial charge in [0.05, 0.1) is 29.4 Å². The summed E-state index contributed by atoms with van der Waals surface area (Å²) in [5.74, 6) is -2.10. The second-order valence-corrected chi connectivity index (χ2v) is 18.7. The van der Waals surface area contributed by atoms with Crippen molar-refractivity contribution in [1.82, 2.24) is 34.4 Å². The first-order chi connectivity index (χ1) is 34.6. The van der Waals surface area contributed by atoms with Gasteiger partial charge in [-0.05, 0) is 86.5 Å². The Morgan fingerprint density at radius 1 is 0.903 bits per heavy atom. The predicted octanol–water partition coefficient (Wildman–Crippen LogP) is 6.67. The summed E-state index contributed by atoms with van der Waals surface area (Å²) in [5, 5.41) is 9.74. The van der Waals surface area contributed by atoms with E-state index in [4.69, 9.17) is 35.6 Å². The van der Waals surface area contributed by atoms with Gasteiger partial charge >= 0.3 is 11.9 Å². The first-order valence-electron chi connectivity index (χ1n) is 24.0. The monoisotopic (exact) mass is 1000 g/mol. The number of carbonyl (C=O) groups is 6. The van der Waals surface area contributed by atoms with Gasteiger partial charge in [-0.25, -0.2) is 9.18 Å². The summed E-state index contributed by atoms with van der Waals surface area (Å²) in [7, 11) is 1.86. The Hall–Kier alpha value is -7.31. The minimum absolute atomic E-state index is 0.117. The van der Waals surface area contributed by atoms with Gasteiger partial charge in [0.1, 0.15) is 29.1 Å². The molecular weight excluding hydrogens is 949 g/mol. The third-order valence-electron chi connectivity index (χ3n) is 13.7. The minimum Gasteiger partial charge on any atom is -0.493 e. The minimum atomic E-state index is -1.19. The molecule has 19 heteroatoms. The number of nitrogens with one attached hydrogen (secondary N) is 1. The molecule has 72 heavy (non-hydrogen) atoms. The van der Waals surface area contributed by atoms with Crippen molar-refractivity contribution in [3.8, 4) is 22.6 Å². The molecule has 9 rings (SSSR count). The average molecular weight is 1000 g/mol. The highest BCUT2D eigenvalue weighted by atomic mass is 35.5. The van der Waals surface area contributed by atoms with Crippen molar-refractivity contribution in [1.29, 1.82) is 0 Å². The number of hydrogen-bond acceptors (Lipinski definition) is 12. The molecule has 6 aromatic rings. The Morgan fingerprint density at radius 2 is 1.65 bits per heavy atom. The molecule has 2 saturated heterocycles. The maximum atomic E-state index is 14.6. The molecule has 2 fully saturated rings. The van der Waals surface area contributed by atoms with Gasteiger partial charge < -0.3 is 33.3 Å². The fourth-order valence-electron chi connectivity index (χ4n) is 10.2. The molecule has 17 nitrogen and oxygen atoms in total. The summed E-state index contributed by atoms with van der Waals surface area (Å²) >= 11 is 7.17. The summed E-state index contributed by atoms with van der Waals surface area (Å²) < 4.78 is 41.2. The number of hydrogen-bond donors (Lipinski definition) is 1. The van der Waals surface area contributed by atoms with E-state index < -0.39 is 30.2 Å². The van der Waals surface area contributed by atoms with Crippen LogP contribution in [0, 0.1) is 19.7 Å². The lowest BCUT2D eigenvalue weighted by Gasteiger charge is -2.35. The van der Waals surface area contributed by atoms with Gasteiger partial charge in [-0.3, -0.25) is 38.9 Å². The summed E-state index contributed by atoms with van der Waals surface area (Å²) in [6, 6.07) is 18.0. The maximum Gasteiger partial charge on any atom is 0.358 e. The quantitative estimate of drug-likeness (QED) is 0.0472. The zero-order valence-corrected chi connectivity index (χ0v) is 41.5. The van der Waals surface area contributed by atoms with E-state index >= 15 is 0 Å². The van der Waals surface area contributed by atoms with Crippen LogP contribution in [0.15, 0.2) is 66.7 Å². The smallest absolute Gasteiger partial charge is 0.358 e. The molecule has 1 N–H and O–H groups in total. The summed E-state index contributed by atoms with van der Waals surface area (Å²) in [5.41, 5.74) is 5.80.